The Kier molecular flexibility index (Phi) is 3.42. The zero-order valence-electron chi connectivity index (χ0n) is 9.79. The Morgan fingerprint density at radius 1 is 1.33 bits per heavy atom. The Labute approximate surface area is 92.9 Å². The van der Waals surface area contributed by atoms with E-state index in [4.69, 9.17) is 0 Å². The third-order valence-electron chi connectivity index (χ3n) is 3.43. The normalized spacial score (nSPS) is 17.7. The fraction of sp³-hybridized carbons (Fsp3) is 0.571. The second-order valence-corrected chi connectivity index (χ2v) is 4.57. The summed E-state index contributed by atoms with van der Waals surface area (Å²) >= 11 is 0. The first-order valence-electron chi connectivity index (χ1n) is 6.10. The van der Waals surface area contributed by atoms with Crippen LogP contribution in [0.15, 0.2) is 24.3 Å². The van der Waals surface area contributed by atoms with Crippen LogP contribution < -0.4 is 5.32 Å². The maximum Gasteiger partial charge on any atom is 0.0322 e. The number of rotatable bonds is 5. The highest BCUT2D eigenvalue weighted by Gasteiger charge is 2.26. The van der Waals surface area contributed by atoms with Gasteiger partial charge in [0.2, 0.25) is 0 Å². The second-order valence-electron chi connectivity index (χ2n) is 4.57. The average molecular weight is 203 g/mol. The Morgan fingerprint density at radius 2 is 2.07 bits per heavy atom. The Hall–Kier alpha value is -0.820. The SMILES string of the molecule is CCc1ccccc1C(CC1CC1)NC. The highest BCUT2D eigenvalue weighted by Crippen LogP contribution is 2.38. The minimum atomic E-state index is 0.564. The van der Waals surface area contributed by atoms with Gasteiger partial charge in [0.05, 0.1) is 0 Å². The lowest BCUT2D eigenvalue weighted by molar-refractivity contribution is 0.511. The van der Waals surface area contributed by atoms with Gasteiger partial charge >= 0.3 is 0 Å². The number of hydrogen-bond donors (Lipinski definition) is 1. The first kappa shape index (κ1) is 10.7. The summed E-state index contributed by atoms with van der Waals surface area (Å²) < 4.78 is 0. The van der Waals surface area contributed by atoms with Crippen LogP contribution in [-0.4, -0.2) is 7.05 Å². The molecule has 15 heavy (non-hydrogen) atoms. The van der Waals surface area contributed by atoms with Gasteiger partial charge in [-0.2, -0.15) is 0 Å². The van der Waals surface area contributed by atoms with Crippen molar-refractivity contribution in [3.8, 4) is 0 Å². The summed E-state index contributed by atoms with van der Waals surface area (Å²) in [6.07, 6.45) is 5.32. The molecule has 0 heterocycles. The van der Waals surface area contributed by atoms with Crippen molar-refractivity contribution in [1.82, 2.24) is 5.32 Å². The third kappa shape index (κ3) is 2.60. The summed E-state index contributed by atoms with van der Waals surface area (Å²) in [5.41, 5.74) is 3.01. The molecule has 0 amide bonds. The molecule has 0 radical (unpaired) electrons. The number of aryl methyl sites for hydroxylation is 1. The molecule has 1 nitrogen and oxygen atoms in total. The maximum absolute atomic E-state index is 3.46. The van der Waals surface area contributed by atoms with Gasteiger partial charge in [0.15, 0.2) is 0 Å². The van der Waals surface area contributed by atoms with Crippen molar-refractivity contribution < 1.29 is 0 Å². The quantitative estimate of drug-likeness (QED) is 0.774. The largest absolute Gasteiger partial charge is 0.313 e. The molecule has 1 aromatic carbocycles. The summed E-state index contributed by atoms with van der Waals surface area (Å²) in [6.45, 7) is 2.24. The van der Waals surface area contributed by atoms with E-state index >= 15 is 0 Å². The Morgan fingerprint density at radius 3 is 2.67 bits per heavy atom. The van der Waals surface area contributed by atoms with Crippen molar-refractivity contribution in [2.75, 3.05) is 7.05 Å². The van der Waals surface area contributed by atoms with E-state index in [1.807, 2.05) is 0 Å². The van der Waals surface area contributed by atoms with Crippen LogP contribution in [0.5, 0.6) is 0 Å². The summed E-state index contributed by atoms with van der Waals surface area (Å²) in [6, 6.07) is 9.40. The molecule has 0 saturated heterocycles. The number of nitrogens with one attached hydrogen (secondary N) is 1. The van der Waals surface area contributed by atoms with Crippen LogP contribution in [0, 0.1) is 5.92 Å². The standard InChI is InChI=1S/C14H21N/c1-3-12-6-4-5-7-13(12)14(15-2)10-11-8-9-11/h4-7,11,14-15H,3,8-10H2,1-2H3. The van der Waals surface area contributed by atoms with E-state index in [-0.39, 0.29) is 0 Å². The zero-order chi connectivity index (χ0) is 10.7. The Balaban J connectivity index is 2.15. The molecule has 0 bridgehead atoms. The lowest BCUT2D eigenvalue weighted by Gasteiger charge is -2.19. The molecule has 1 saturated carbocycles. The maximum atomic E-state index is 3.46. The van der Waals surface area contributed by atoms with Gasteiger partial charge in [-0.1, -0.05) is 44.0 Å². The van der Waals surface area contributed by atoms with Crippen LogP contribution in [0.3, 0.4) is 0 Å². The van der Waals surface area contributed by atoms with Gasteiger partial charge in [-0.3, -0.25) is 0 Å². The van der Waals surface area contributed by atoms with Gasteiger partial charge in [-0.25, -0.2) is 0 Å². The van der Waals surface area contributed by atoms with Gasteiger partial charge in [0.1, 0.15) is 0 Å². The summed E-state index contributed by atoms with van der Waals surface area (Å²) in [5.74, 6) is 0.979. The van der Waals surface area contributed by atoms with Crippen molar-refractivity contribution in [1.29, 1.82) is 0 Å². The monoisotopic (exact) mass is 203 g/mol. The topological polar surface area (TPSA) is 12.0 Å². The van der Waals surface area contributed by atoms with Crippen LogP contribution >= 0.6 is 0 Å². The van der Waals surface area contributed by atoms with Gasteiger partial charge < -0.3 is 5.32 Å². The molecule has 1 aromatic rings. The molecule has 0 aromatic heterocycles. The van der Waals surface area contributed by atoms with Crippen molar-refractivity contribution in [2.45, 2.75) is 38.6 Å². The smallest absolute Gasteiger partial charge is 0.0322 e. The zero-order valence-corrected chi connectivity index (χ0v) is 9.79. The fourth-order valence-electron chi connectivity index (χ4n) is 2.28. The molecule has 1 N–H and O–H groups in total. The Bertz CT molecular complexity index is 315. The molecule has 1 atom stereocenters. The van der Waals surface area contributed by atoms with Crippen LogP contribution in [0.1, 0.15) is 43.4 Å². The molecule has 1 unspecified atom stereocenters. The van der Waals surface area contributed by atoms with Crippen molar-refractivity contribution >= 4 is 0 Å². The van der Waals surface area contributed by atoms with E-state index in [0.717, 1.165) is 12.3 Å². The summed E-state index contributed by atoms with van der Waals surface area (Å²) in [4.78, 5) is 0. The van der Waals surface area contributed by atoms with Crippen LogP contribution in [-0.2, 0) is 6.42 Å². The van der Waals surface area contributed by atoms with Crippen molar-refractivity contribution in [2.24, 2.45) is 5.92 Å². The predicted molar refractivity (Wildman–Crippen MR) is 65.0 cm³/mol. The average Bonchev–Trinajstić information content (AvgIpc) is 3.10. The summed E-state index contributed by atoms with van der Waals surface area (Å²) in [7, 11) is 2.08. The first-order chi connectivity index (χ1) is 7.35. The van der Waals surface area contributed by atoms with Gasteiger partial charge in [0.25, 0.3) is 0 Å². The molecule has 1 aliphatic rings. The molecular formula is C14H21N. The predicted octanol–water partition coefficient (Wildman–Crippen LogP) is 3.31. The number of benzene rings is 1. The molecule has 0 aliphatic heterocycles. The van der Waals surface area contributed by atoms with Crippen LogP contribution in [0.25, 0.3) is 0 Å². The lowest BCUT2D eigenvalue weighted by atomic mass is 9.95. The van der Waals surface area contributed by atoms with Gasteiger partial charge in [-0.15, -0.1) is 0 Å². The second kappa shape index (κ2) is 4.80. The van der Waals surface area contributed by atoms with Crippen LogP contribution in [0.2, 0.25) is 0 Å². The van der Waals surface area contributed by atoms with E-state index in [1.165, 1.54) is 30.4 Å². The molecule has 1 heteroatoms. The van der Waals surface area contributed by atoms with Gasteiger partial charge in [0, 0.05) is 6.04 Å². The van der Waals surface area contributed by atoms with Gasteiger partial charge in [-0.05, 0) is 36.9 Å². The molecule has 1 aliphatic carbocycles. The van der Waals surface area contributed by atoms with E-state index < -0.39 is 0 Å². The first-order valence-corrected chi connectivity index (χ1v) is 6.10. The third-order valence-corrected chi connectivity index (χ3v) is 3.43. The van der Waals surface area contributed by atoms with E-state index in [1.54, 1.807) is 0 Å². The molecule has 2 rings (SSSR count). The summed E-state index contributed by atoms with van der Waals surface area (Å²) in [5, 5.41) is 3.46. The van der Waals surface area contributed by atoms with E-state index in [2.05, 4.69) is 43.6 Å². The minimum Gasteiger partial charge on any atom is -0.313 e. The highest BCUT2D eigenvalue weighted by atomic mass is 14.9. The highest BCUT2D eigenvalue weighted by molar-refractivity contribution is 5.30. The molecule has 82 valence electrons. The van der Waals surface area contributed by atoms with Crippen LogP contribution in [0.4, 0.5) is 0 Å². The van der Waals surface area contributed by atoms with E-state index in [9.17, 15) is 0 Å². The van der Waals surface area contributed by atoms with Crippen molar-refractivity contribution in [3.63, 3.8) is 0 Å². The minimum absolute atomic E-state index is 0.564. The molecular weight excluding hydrogens is 182 g/mol. The lowest BCUT2D eigenvalue weighted by Crippen LogP contribution is -2.18. The molecule has 1 fully saturated rings. The molecule has 0 spiro atoms. The fourth-order valence-corrected chi connectivity index (χ4v) is 2.28. The van der Waals surface area contributed by atoms with E-state index in [0.29, 0.717) is 6.04 Å². The van der Waals surface area contributed by atoms with Crippen molar-refractivity contribution in [3.05, 3.63) is 35.4 Å². The number of hydrogen-bond acceptors (Lipinski definition) is 1.